The summed E-state index contributed by atoms with van der Waals surface area (Å²) in [7, 11) is 0. The second-order valence-electron chi connectivity index (χ2n) is 6.20. The molecule has 0 heterocycles. The molecular formula is C16H24FN. The monoisotopic (exact) mass is 249 g/mol. The van der Waals surface area contributed by atoms with Crippen molar-refractivity contribution in [1.29, 1.82) is 0 Å². The summed E-state index contributed by atoms with van der Waals surface area (Å²) in [5.74, 6) is 1.87. The zero-order valence-electron chi connectivity index (χ0n) is 11.6. The SMILES string of the molecule is Cc1cc(F)ccc1C(N)C1CC(C)CC(C)C1. The van der Waals surface area contributed by atoms with Gasteiger partial charge in [0.1, 0.15) is 5.82 Å². The Kier molecular flexibility index (Phi) is 4.06. The summed E-state index contributed by atoms with van der Waals surface area (Å²) in [6.45, 7) is 6.58. The number of benzene rings is 1. The molecule has 0 aliphatic heterocycles. The fraction of sp³-hybridized carbons (Fsp3) is 0.625. The Labute approximate surface area is 110 Å². The highest BCUT2D eigenvalue weighted by Crippen LogP contribution is 2.39. The van der Waals surface area contributed by atoms with Crippen molar-refractivity contribution in [1.82, 2.24) is 0 Å². The highest BCUT2D eigenvalue weighted by molar-refractivity contribution is 5.29. The third-order valence-corrected chi connectivity index (χ3v) is 4.31. The highest BCUT2D eigenvalue weighted by atomic mass is 19.1. The maximum atomic E-state index is 13.1. The molecule has 0 radical (unpaired) electrons. The van der Waals surface area contributed by atoms with Gasteiger partial charge in [0.25, 0.3) is 0 Å². The maximum absolute atomic E-state index is 13.1. The topological polar surface area (TPSA) is 26.0 Å². The molecule has 1 aliphatic carbocycles. The zero-order valence-corrected chi connectivity index (χ0v) is 11.6. The fourth-order valence-corrected chi connectivity index (χ4v) is 3.57. The Morgan fingerprint density at radius 3 is 2.33 bits per heavy atom. The molecule has 2 heteroatoms. The van der Waals surface area contributed by atoms with E-state index in [1.807, 2.05) is 13.0 Å². The van der Waals surface area contributed by atoms with Crippen LogP contribution in [0, 0.1) is 30.5 Å². The lowest BCUT2D eigenvalue weighted by Crippen LogP contribution is -2.29. The predicted molar refractivity (Wildman–Crippen MR) is 73.7 cm³/mol. The number of hydrogen-bond donors (Lipinski definition) is 1. The lowest BCUT2D eigenvalue weighted by Gasteiger charge is -2.35. The van der Waals surface area contributed by atoms with Gasteiger partial charge in [0.15, 0.2) is 0 Å². The summed E-state index contributed by atoms with van der Waals surface area (Å²) in [4.78, 5) is 0. The van der Waals surface area contributed by atoms with Crippen molar-refractivity contribution in [3.05, 3.63) is 35.1 Å². The van der Waals surface area contributed by atoms with E-state index < -0.39 is 0 Å². The average molecular weight is 249 g/mol. The lowest BCUT2D eigenvalue weighted by atomic mass is 9.72. The molecule has 0 aromatic heterocycles. The van der Waals surface area contributed by atoms with Gasteiger partial charge in [-0.25, -0.2) is 4.39 Å². The normalized spacial score (nSPS) is 30.2. The van der Waals surface area contributed by atoms with Crippen LogP contribution in [0.5, 0.6) is 0 Å². The first-order chi connectivity index (χ1) is 8.47. The minimum Gasteiger partial charge on any atom is -0.324 e. The van der Waals surface area contributed by atoms with Crippen LogP contribution in [0.1, 0.15) is 50.3 Å². The third kappa shape index (κ3) is 2.92. The van der Waals surface area contributed by atoms with E-state index in [2.05, 4.69) is 13.8 Å². The van der Waals surface area contributed by atoms with Crippen molar-refractivity contribution < 1.29 is 4.39 Å². The Hall–Kier alpha value is -0.890. The highest BCUT2D eigenvalue weighted by Gasteiger charge is 2.29. The van der Waals surface area contributed by atoms with Crippen molar-refractivity contribution in [3.8, 4) is 0 Å². The first kappa shape index (κ1) is 13.5. The van der Waals surface area contributed by atoms with Crippen molar-refractivity contribution in [3.63, 3.8) is 0 Å². The summed E-state index contributed by atoms with van der Waals surface area (Å²) in [5.41, 5.74) is 8.52. The molecule has 0 spiro atoms. The van der Waals surface area contributed by atoms with E-state index in [0.29, 0.717) is 5.92 Å². The second-order valence-corrected chi connectivity index (χ2v) is 6.20. The van der Waals surface area contributed by atoms with E-state index in [-0.39, 0.29) is 11.9 Å². The first-order valence-electron chi connectivity index (χ1n) is 6.99. The number of hydrogen-bond acceptors (Lipinski definition) is 1. The summed E-state index contributed by atoms with van der Waals surface area (Å²) in [6, 6.07) is 5.03. The lowest BCUT2D eigenvalue weighted by molar-refractivity contribution is 0.193. The summed E-state index contributed by atoms with van der Waals surface area (Å²) < 4.78 is 13.1. The molecule has 18 heavy (non-hydrogen) atoms. The van der Waals surface area contributed by atoms with E-state index in [9.17, 15) is 4.39 Å². The molecule has 0 saturated heterocycles. The van der Waals surface area contributed by atoms with Crippen molar-refractivity contribution in [2.45, 2.75) is 46.1 Å². The maximum Gasteiger partial charge on any atom is 0.123 e. The molecule has 1 aliphatic rings. The van der Waals surface area contributed by atoms with E-state index in [1.165, 1.54) is 25.3 Å². The van der Waals surface area contributed by atoms with Crippen LogP contribution in [-0.2, 0) is 0 Å². The minimum absolute atomic E-state index is 0.0517. The van der Waals surface area contributed by atoms with Crippen LogP contribution in [0.15, 0.2) is 18.2 Å². The molecule has 1 saturated carbocycles. The van der Waals surface area contributed by atoms with Crippen molar-refractivity contribution in [2.75, 3.05) is 0 Å². The van der Waals surface area contributed by atoms with Crippen LogP contribution in [0.2, 0.25) is 0 Å². The standard InChI is InChI=1S/C16H24FN/c1-10-6-11(2)8-13(7-10)16(18)15-5-4-14(17)9-12(15)3/h4-5,9-11,13,16H,6-8,18H2,1-3H3. The number of halogens is 1. The van der Waals surface area contributed by atoms with E-state index >= 15 is 0 Å². The molecular weight excluding hydrogens is 225 g/mol. The average Bonchev–Trinajstić information content (AvgIpc) is 2.26. The van der Waals surface area contributed by atoms with Gasteiger partial charge in [-0.15, -0.1) is 0 Å². The van der Waals surface area contributed by atoms with Gasteiger partial charge >= 0.3 is 0 Å². The Morgan fingerprint density at radius 1 is 1.17 bits per heavy atom. The van der Waals surface area contributed by atoms with Crippen LogP contribution < -0.4 is 5.73 Å². The molecule has 3 unspecified atom stereocenters. The van der Waals surface area contributed by atoms with Crippen molar-refractivity contribution in [2.24, 2.45) is 23.5 Å². The van der Waals surface area contributed by atoms with Crippen LogP contribution in [0.4, 0.5) is 4.39 Å². The number of aryl methyl sites for hydroxylation is 1. The smallest absolute Gasteiger partial charge is 0.123 e. The van der Waals surface area contributed by atoms with Gasteiger partial charge in [-0.2, -0.15) is 0 Å². The van der Waals surface area contributed by atoms with Crippen LogP contribution >= 0.6 is 0 Å². The van der Waals surface area contributed by atoms with Crippen LogP contribution in [0.25, 0.3) is 0 Å². The van der Waals surface area contributed by atoms with E-state index in [4.69, 9.17) is 5.73 Å². The Balaban J connectivity index is 2.17. The molecule has 1 fully saturated rings. The number of nitrogens with two attached hydrogens (primary N) is 1. The Morgan fingerprint density at radius 2 is 1.78 bits per heavy atom. The van der Waals surface area contributed by atoms with Gasteiger partial charge in [-0.1, -0.05) is 19.9 Å². The molecule has 2 N–H and O–H groups in total. The second kappa shape index (κ2) is 5.40. The minimum atomic E-state index is -0.172. The van der Waals surface area contributed by atoms with Gasteiger partial charge in [0.2, 0.25) is 0 Å². The Bertz CT molecular complexity index is 406. The summed E-state index contributed by atoms with van der Waals surface area (Å²) >= 11 is 0. The molecule has 0 amide bonds. The molecule has 1 aromatic rings. The van der Waals surface area contributed by atoms with Crippen LogP contribution in [0.3, 0.4) is 0 Å². The van der Waals surface area contributed by atoms with Gasteiger partial charge in [0.05, 0.1) is 0 Å². The number of rotatable bonds is 2. The fourth-order valence-electron chi connectivity index (χ4n) is 3.57. The summed E-state index contributed by atoms with van der Waals surface area (Å²) in [6.07, 6.45) is 3.70. The van der Waals surface area contributed by atoms with Gasteiger partial charge in [-0.05, 0) is 67.2 Å². The van der Waals surface area contributed by atoms with Gasteiger partial charge < -0.3 is 5.73 Å². The van der Waals surface area contributed by atoms with Gasteiger partial charge in [0, 0.05) is 6.04 Å². The quantitative estimate of drug-likeness (QED) is 0.835. The molecule has 0 bridgehead atoms. The largest absolute Gasteiger partial charge is 0.324 e. The van der Waals surface area contributed by atoms with Gasteiger partial charge in [-0.3, -0.25) is 0 Å². The molecule has 100 valence electrons. The van der Waals surface area contributed by atoms with E-state index in [1.54, 1.807) is 6.07 Å². The predicted octanol–water partition coefficient (Wildman–Crippen LogP) is 4.21. The van der Waals surface area contributed by atoms with E-state index in [0.717, 1.165) is 23.0 Å². The molecule has 2 rings (SSSR count). The molecule has 1 aromatic carbocycles. The van der Waals surface area contributed by atoms with Crippen molar-refractivity contribution >= 4 is 0 Å². The molecule has 3 atom stereocenters. The molecule has 1 nitrogen and oxygen atoms in total. The van der Waals surface area contributed by atoms with Crippen LogP contribution in [-0.4, -0.2) is 0 Å². The summed E-state index contributed by atoms with van der Waals surface area (Å²) in [5, 5.41) is 0. The third-order valence-electron chi connectivity index (χ3n) is 4.31. The first-order valence-corrected chi connectivity index (χ1v) is 6.99. The zero-order chi connectivity index (χ0) is 13.3.